The number of methoxy groups -OCH3 is 1. The highest BCUT2D eigenvalue weighted by atomic mass is 16.6. The van der Waals surface area contributed by atoms with Crippen LogP contribution in [-0.2, 0) is 4.79 Å². The zero-order chi connectivity index (χ0) is 14.7. The van der Waals surface area contributed by atoms with E-state index in [9.17, 15) is 14.9 Å². The first-order valence-corrected chi connectivity index (χ1v) is 6.32. The highest BCUT2D eigenvalue weighted by Crippen LogP contribution is 2.35. The molecular formula is C12H16N4O4. The van der Waals surface area contributed by atoms with Crippen molar-refractivity contribution in [2.24, 2.45) is 0 Å². The van der Waals surface area contributed by atoms with E-state index in [2.05, 4.69) is 9.97 Å². The average Bonchev–Trinajstić information content (AvgIpc) is 2.46. The van der Waals surface area contributed by atoms with Crippen LogP contribution in [0.5, 0.6) is 5.88 Å². The Morgan fingerprint density at radius 1 is 1.40 bits per heavy atom. The minimum Gasteiger partial charge on any atom is -0.476 e. The second kappa shape index (κ2) is 5.81. The number of aromatic nitrogens is 2. The van der Waals surface area contributed by atoms with Crippen molar-refractivity contribution >= 4 is 17.3 Å². The fourth-order valence-electron chi connectivity index (χ4n) is 2.41. The lowest BCUT2D eigenvalue weighted by Gasteiger charge is -2.31. The van der Waals surface area contributed by atoms with Crippen LogP contribution in [0.25, 0.3) is 0 Å². The van der Waals surface area contributed by atoms with Gasteiger partial charge in [-0.2, -0.15) is 4.98 Å². The van der Waals surface area contributed by atoms with E-state index in [1.165, 1.54) is 13.4 Å². The van der Waals surface area contributed by atoms with Gasteiger partial charge in [0.2, 0.25) is 5.82 Å². The van der Waals surface area contributed by atoms with Crippen LogP contribution in [0.4, 0.5) is 11.5 Å². The minimum atomic E-state index is -0.543. The Morgan fingerprint density at radius 2 is 2.05 bits per heavy atom. The summed E-state index contributed by atoms with van der Waals surface area (Å²) in [5.41, 5.74) is -0.241. The van der Waals surface area contributed by atoms with Gasteiger partial charge >= 0.3 is 5.69 Å². The molecule has 8 heteroatoms. The van der Waals surface area contributed by atoms with E-state index in [0.29, 0.717) is 25.7 Å². The van der Waals surface area contributed by atoms with Crippen molar-refractivity contribution < 1.29 is 14.5 Å². The molecule has 0 aliphatic heterocycles. The van der Waals surface area contributed by atoms with Gasteiger partial charge in [0.25, 0.3) is 5.88 Å². The van der Waals surface area contributed by atoms with E-state index >= 15 is 0 Å². The van der Waals surface area contributed by atoms with E-state index in [1.807, 2.05) is 0 Å². The predicted molar refractivity (Wildman–Crippen MR) is 70.9 cm³/mol. The zero-order valence-electron chi connectivity index (χ0n) is 11.4. The molecule has 0 atom stereocenters. The third-order valence-electron chi connectivity index (χ3n) is 3.54. The lowest BCUT2D eigenvalue weighted by Crippen LogP contribution is -2.36. The zero-order valence-corrected chi connectivity index (χ0v) is 11.4. The van der Waals surface area contributed by atoms with Crippen LogP contribution in [0, 0.1) is 10.1 Å². The molecule has 0 unspecified atom stereocenters. The third kappa shape index (κ3) is 2.68. The summed E-state index contributed by atoms with van der Waals surface area (Å²) in [6.07, 6.45) is 3.61. The van der Waals surface area contributed by atoms with E-state index in [4.69, 9.17) is 4.74 Å². The van der Waals surface area contributed by atoms with E-state index in [0.717, 1.165) is 0 Å². The van der Waals surface area contributed by atoms with Gasteiger partial charge in [0.15, 0.2) is 0 Å². The van der Waals surface area contributed by atoms with E-state index in [-0.39, 0.29) is 29.2 Å². The average molecular weight is 280 g/mol. The first-order chi connectivity index (χ1) is 9.54. The van der Waals surface area contributed by atoms with Gasteiger partial charge in [0.05, 0.1) is 12.0 Å². The molecule has 108 valence electrons. The van der Waals surface area contributed by atoms with Gasteiger partial charge in [0, 0.05) is 25.9 Å². The highest BCUT2D eigenvalue weighted by Gasteiger charge is 2.31. The topological polar surface area (TPSA) is 98.5 Å². The Labute approximate surface area is 115 Å². The highest BCUT2D eigenvalue weighted by molar-refractivity contribution is 5.79. The maximum atomic E-state index is 11.3. The number of ether oxygens (including phenoxy) is 1. The molecule has 20 heavy (non-hydrogen) atoms. The lowest BCUT2D eigenvalue weighted by atomic mass is 9.93. The Hall–Kier alpha value is -2.25. The van der Waals surface area contributed by atoms with Gasteiger partial charge < -0.3 is 9.64 Å². The number of hydrogen-bond acceptors (Lipinski definition) is 7. The number of Topliss-reactive ketones (excluding diaryl/α,β-unsaturated/α-hetero) is 1. The molecule has 0 saturated heterocycles. The van der Waals surface area contributed by atoms with Crippen LogP contribution in [-0.4, -0.2) is 40.9 Å². The van der Waals surface area contributed by atoms with Crippen LogP contribution in [0.1, 0.15) is 25.7 Å². The Bertz CT molecular complexity index is 524. The molecule has 0 radical (unpaired) electrons. The molecule has 1 aromatic rings. The van der Waals surface area contributed by atoms with Crippen LogP contribution in [0.3, 0.4) is 0 Å². The SMILES string of the molecule is COc1ncnc(N(C)C2CCC(=O)CC2)c1[N+](=O)[O-]. The van der Waals surface area contributed by atoms with Crippen molar-refractivity contribution in [2.75, 3.05) is 19.1 Å². The standard InChI is InChI=1S/C12H16N4O4/c1-15(8-3-5-9(17)6-4-8)11-10(16(18)19)12(20-2)14-7-13-11/h7-8H,3-6H2,1-2H3. The van der Waals surface area contributed by atoms with Gasteiger partial charge in [-0.05, 0) is 12.8 Å². The normalized spacial score (nSPS) is 16.0. The van der Waals surface area contributed by atoms with Crippen molar-refractivity contribution in [1.82, 2.24) is 9.97 Å². The van der Waals surface area contributed by atoms with Crippen LogP contribution >= 0.6 is 0 Å². The summed E-state index contributed by atoms with van der Waals surface area (Å²) < 4.78 is 4.93. The largest absolute Gasteiger partial charge is 0.476 e. The maximum Gasteiger partial charge on any atom is 0.372 e. The molecule has 0 bridgehead atoms. The van der Waals surface area contributed by atoms with Crippen LogP contribution < -0.4 is 9.64 Å². The van der Waals surface area contributed by atoms with Gasteiger partial charge in [-0.1, -0.05) is 0 Å². The maximum absolute atomic E-state index is 11.3. The molecule has 1 aromatic heterocycles. The van der Waals surface area contributed by atoms with Crippen molar-refractivity contribution in [3.8, 4) is 5.88 Å². The monoisotopic (exact) mass is 280 g/mol. The summed E-state index contributed by atoms with van der Waals surface area (Å²) in [7, 11) is 3.08. The Balaban J connectivity index is 2.31. The van der Waals surface area contributed by atoms with Crippen molar-refractivity contribution in [1.29, 1.82) is 0 Å². The Morgan fingerprint density at radius 3 is 2.60 bits per heavy atom. The molecule has 1 heterocycles. The van der Waals surface area contributed by atoms with Gasteiger partial charge in [-0.3, -0.25) is 14.9 Å². The number of nitro groups is 1. The van der Waals surface area contributed by atoms with Gasteiger partial charge in [-0.25, -0.2) is 4.98 Å². The van der Waals surface area contributed by atoms with Crippen molar-refractivity contribution in [3.05, 3.63) is 16.4 Å². The Kier molecular flexibility index (Phi) is 4.11. The minimum absolute atomic E-state index is 0.0567. The van der Waals surface area contributed by atoms with Gasteiger partial charge in [-0.15, -0.1) is 0 Å². The molecule has 0 amide bonds. The number of ketones is 1. The second-order valence-corrected chi connectivity index (χ2v) is 4.69. The molecule has 2 rings (SSSR count). The van der Waals surface area contributed by atoms with E-state index < -0.39 is 4.92 Å². The number of carbonyl (C=O) groups excluding carboxylic acids is 1. The van der Waals surface area contributed by atoms with Crippen molar-refractivity contribution in [3.63, 3.8) is 0 Å². The summed E-state index contributed by atoms with van der Waals surface area (Å²) in [6.45, 7) is 0. The lowest BCUT2D eigenvalue weighted by molar-refractivity contribution is -0.385. The molecule has 0 N–H and O–H groups in total. The predicted octanol–water partition coefficient (Wildman–Crippen LogP) is 1.34. The summed E-state index contributed by atoms with van der Waals surface area (Å²) in [4.78, 5) is 31.5. The van der Waals surface area contributed by atoms with E-state index in [1.54, 1.807) is 11.9 Å². The summed E-state index contributed by atoms with van der Waals surface area (Å²) in [5, 5.41) is 11.2. The van der Waals surface area contributed by atoms with Crippen LogP contribution in [0.15, 0.2) is 6.33 Å². The van der Waals surface area contributed by atoms with Crippen LogP contribution in [0.2, 0.25) is 0 Å². The molecule has 0 spiro atoms. The smallest absolute Gasteiger partial charge is 0.372 e. The summed E-state index contributed by atoms with van der Waals surface area (Å²) in [6, 6.07) is 0.0611. The first kappa shape index (κ1) is 14.2. The molecule has 1 fully saturated rings. The number of anilines is 1. The number of carbonyl (C=O) groups is 1. The summed E-state index contributed by atoms with van der Waals surface area (Å²) >= 11 is 0. The quantitative estimate of drug-likeness (QED) is 0.606. The van der Waals surface area contributed by atoms with Gasteiger partial charge in [0.1, 0.15) is 12.1 Å². The molecule has 1 saturated carbocycles. The molecule has 1 aliphatic rings. The first-order valence-electron chi connectivity index (χ1n) is 6.32. The second-order valence-electron chi connectivity index (χ2n) is 4.69. The van der Waals surface area contributed by atoms with Crippen molar-refractivity contribution in [2.45, 2.75) is 31.7 Å². The molecular weight excluding hydrogens is 264 g/mol. The number of rotatable bonds is 4. The fraction of sp³-hybridized carbons (Fsp3) is 0.583. The summed E-state index contributed by atoms with van der Waals surface area (Å²) in [5.74, 6) is 0.407. The molecule has 0 aromatic carbocycles. The number of hydrogen-bond donors (Lipinski definition) is 0. The fourth-order valence-corrected chi connectivity index (χ4v) is 2.41. The molecule has 8 nitrogen and oxygen atoms in total. The number of nitrogens with zero attached hydrogens (tertiary/aromatic N) is 4. The third-order valence-corrected chi connectivity index (χ3v) is 3.54. The molecule has 1 aliphatic carbocycles.